The molecule has 64 valence electrons. The molecule has 0 spiro atoms. The first-order valence-corrected chi connectivity index (χ1v) is 2.99. The number of nitrogens with zero attached hydrogens (tertiary/aromatic N) is 1. The zero-order valence-electron chi connectivity index (χ0n) is 5.52. The maximum absolute atomic E-state index is 12.1. The van der Waals surface area contributed by atoms with Crippen molar-refractivity contribution in [2.75, 3.05) is 0 Å². The number of hydrogen-bond donors (Lipinski definition) is 2. The molecule has 0 aromatic rings. The normalized spacial score (nSPS) is 23.4. The van der Waals surface area contributed by atoms with Gasteiger partial charge in [0, 0.05) is 0 Å². The van der Waals surface area contributed by atoms with Crippen molar-refractivity contribution in [2.45, 2.75) is 19.0 Å². The van der Waals surface area contributed by atoms with Crippen molar-refractivity contribution in [3.63, 3.8) is 0 Å². The second-order valence-corrected chi connectivity index (χ2v) is 2.57. The van der Waals surface area contributed by atoms with Crippen molar-refractivity contribution in [3.8, 4) is 0 Å². The van der Waals surface area contributed by atoms with Crippen LogP contribution in [0.1, 0.15) is 12.8 Å². The first kappa shape index (κ1) is 8.16. The molecule has 0 aromatic carbocycles. The summed E-state index contributed by atoms with van der Waals surface area (Å²) in [5.41, 5.74) is 2.85. The van der Waals surface area contributed by atoms with E-state index in [4.69, 9.17) is 10.9 Å². The molecule has 0 atom stereocenters. The van der Waals surface area contributed by atoms with Gasteiger partial charge in [0.2, 0.25) is 0 Å². The number of rotatable bonds is 1. The van der Waals surface area contributed by atoms with Gasteiger partial charge in [-0.05, 0) is 12.8 Å². The Kier molecular flexibility index (Phi) is 1.50. The molecule has 1 rings (SSSR count). The Morgan fingerprint density at radius 1 is 1.45 bits per heavy atom. The van der Waals surface area contributed by atoms with Gasteiger partial charge in [-0.3, -0.25) is 0 Å². The third kappa shape index (κ3) is 1.02. The van der Waals surface area contributed by atoms with E-state index >= 15 is 0 Å². The molecule has 3 N–H and O–H groups in total. The number of hydrogen-bond acceptors (Lipinski definition) is 2. The molecule has 3 nitrogen and oxygen atoms in total. The summed E-state index contributed by atoms with van der Waals surface area (Å²) in [7, 11) is 0. The highest BCUT2D eigenvalue weighted by molar-refractivity contribution is 5.89. The molecule has 1 aliphatic rings. The van der Waals surface area contributed by atoms with E-state index in [0.717, 1.165) is 0 Å². The lowest BCUT2D eigenvalue weighted by Crippen LogP contribution is -2.37. The molecule has 1 fully saturated rings. The van der Waals surface area contributed by atoms with Gasteiger partial charge in [-0.2, -0.15) is 13.2 Å². The molecule has 0 aromatic heterocycles. The van der Waals surface area contributed by atoms with Crippen molar-refractivity contribution in [2.24, 2.45) is 16.3 Å². The number of alkyl halides is 3. The van der Waals surface area contributed by atoms with Gasteiger partial charge in [-0.1, -0.05) is 5.16 Å². The van der Waals surface area contributed by atoms with E-state index in [2.05, 4.69) is 5.16 Å². The summed E-state index contributed by atoms with van der Waals surface area (Å²) in [4.78, 5) is 0. The van der Waals surface area contributed by atoms with Crippen LogP contribution in [-0.4, -0.2) is 17.2 Å². The van der Waals surface area contributed by atoms with Gasteiger partial charge in [-0.25, -0.2) is 0 Å². The minimum absolute atomic E-state index is 0.0770. The van der Waals surface area contributed by atoms with E-state index in [9.17, 15) is 13.2 Å². The molecule has 0 unspecified atom stereocenters. The lowest BCUT2D eigenvalue weighted by molar-refractivity contribution is -0.166. The lowest BCUT2D eigenvalue weighted by atomic mass is 10.1. The Bertz CT molecular complexity index is 194. The Hall–Kier alpha value is -0.940. The predicted molar refractivity (Wildman–Crippen MR) is 31.1 cm³/mol. The third-order valence-corrected chi connectivity index (χ3v) is 1.89. The van der Waals surface area contributed by atoms with Crippen molar-refractivity contribution in [3.05, 3.63) is 0 Å². The van der Waals surface area contributed by atoms with Gasteiger partial charge in [-0.15, -0.1) is 0 Å². The summed E-state index contributed by atoms with van der Waals surface area (Å²) in [5.74, 6) is -0.731. The van der Waals surface area contributed by atoms with E-state index in [-0.39, 0.29) is 12.8 Å². The average molecular weight is 168 g/mol. The van der Waals surface area contributed by atoms with Crippen LogP contribution in [0.2, 0.25) is 0 Å². The van der Waals surface area contributed by atoms with Crippen LogP contribution in [0.15, 0.2) is 5.16 Å². The van der Waals surface area contributed by atoms with Crippen LogP contribution in [0.3, 0.4) is 0 Å². The topological polar surface area (TPSA) is 58.6 Å². The summed E-state index contributed by atoms with van der Waals surface area (Å²) in [6.45, 7) is 0. The molecule has 1 aliphatic carbocycles. The summed E-state index contributed by atoms with van der Waals surface area (Å²) in [6.07, 6.45) is -4.54. The highest BCUT2D eigenvalue weighted by Crippen LogP contribution is 2.57. The summed E-state index contributed by atoms with van der Waals surface area (Å²) in [5, 5.41) is 10.4. The minimum Gasteiger partial charge on any atom is -0.409 e. The molecule has 0 saturated heterocycles. The molecule has 0 amide bonds. The van der Waals surface area contributed by atoms with Gasteiger partial charge in [0.05, 0.1) is 0 Å². The maximum atomic E-state index is 12.1. The zero-order valence-corrected chi connectivity index (χ0v) is 5.52. The van der Waals surface area contributed by atoms with Crippen LogP contribution in [0.5, 0.6) is 0 Å². The third-order valence-electron chi connectivity index (χ3n) is 1.89. The smallest absolute Gasteiger partial charge is 0.401 e. The van der Waals surface area contributed by atoms with Crippen molar-refractivity contribution < 1.29 is 18.4 Å². The molecule has 0 aliphatic heterocycles. The fourth-order valence-electron chi connectivity index (χ4n) is 0.906. The second-order valence-electron chi connectivity index (χ2n) is 2.57. The Labute approximate surface area is 60.7 Å². The number of oxime groups is 1. The van der Waals surface area contributed by atoms with Crippen LogP contribution >= 0.6 is 0 Å². The highest BCUT2D eigenvalue weighted by Gasteiger charge is 2.66. The first-order valence-electron chi connectivity index (χ1n) is 2.99. The van der Waals surface area contributed by atoms with Gasteiger partial charge >= 0.3 is 6.18 Å². The molecular formula is C5H7F3N2O. The van der Waals surface area contributed by atoms with E-state index in [0.29, 0.717) is 0 Å². The van der Waals surface area contributed by atoms with Gasteiger partial charge < -0.3 is 10.9 Å². The van der Waals surface area contributed by atoms with Gasteiger partial charge in [0.25, 0.3) is 0 Å². The Morgan fingerprint density at radius 2 is 1.91 bits per heavy atom. The molecule has 0 radical (unpaired) electrons. The largest absolute Gasteiger partial charge is 0.409 e. The maximum Gasteiger partial charge on any atom is 0.401 e. The van der Waals surface area contributed by atoms with Crippen LogP contribution in [0, 0.1) is 5.41 Å². The first-order chi connectivity index (χ1) is 4.94. The minimum atomic E-state index is -4.39. The Balaban J connectivity index is 2.85. The summed E-state index contributed by atoms with van der Waals surface area (Å²) >= 11 is 0. The van der Waals surface area contributed by atoms with Crippen molar-refractivity contribution >= 4 is 5.84 Å². The molecule has 11 heavy (non-hydrogen) atoms. The van der Waals surface area contributed by atoms with Gasteiger partial charge in [0.15, 0.2) is 5.84 Å². The molecule has 6 heteroatoms. The van der Waals surface area contributed by atoms with Crippen molar-refractivity contribution in [1.82, 2.24) is 0 Å². The van der Waals surface area contributed by atoms with E-state index in [1.807, 2.05) is 0 Å². The number of amidine groups is 1. The second kappa shape index (κ2) is 2.02. The average Bonchev–Trinajstić information content (AvgIpc) is 2.63. The van der Waals surface area contributed by atoms with Crippen LogP contribution in [-0.2, 0) is 0 Å². The fraction of sp³-hybridized carbons (Fsp3) is 0.800. The number of nitrogens with two attached hydrogens (primary N) is 1. The van der Waals surface area contributed by atoms with Crippen LogP contribution in [0.25, 0.3) is 0 Å². The lowest BCUT2D eigenvalue weighted by Gasteiger charge is -2.16. The fourth-order valence-corrected chi connectivity index (χ4v) is 0.906. The van der Waals surface area contributed by atoms with Gasteiger partial charge in [0.1, 0.15) is 5.41 Å². The van der Waals surface area contributed by atoms with Crippen LogP contribution in [0.4, 0.5) is 13.2 Å². The molecule has 1 saturated carbocycles. The molecule has 0 bridgehead atoms. The molecular weight excluding hydrogens is 161 g/mol. The number of halogens is 3. The van der Waals surface area contributed by atoms with E-state index in [1.165, 1.54) is 0 Å². The Morgan fingerprint density at radius 3 is 2.00 bits per heavy atom. The molecule has 0 heterocycles. The zero-order chi connectivity index (χ0) is 8.70. The highest BCUT2D eigenvalue weighted by atomic mass is 19.4. The quantitative estimate of drug-likeness (QED) is 0.266. The summed E-state index contributed by atoms with van der Waals surface area (Å²) in [6, 6.07) is 0. The van der Waals surface area contributed by atoms with E-state index in [1.54, 1.807) is 0 Å². The standard InChI is InChI=1S/C5H7F3N2O/c6-5(7,8)4(1-2-4)3(9)10-11/h11H,1-2H2,(H2,9,10). The summed E-state index contributed by atoms with van der Waals surface area (Å²) < 4.78 is 36.2. The van der Waals surface area contributed by atoms with E-state index < -0.39 is 17.4 Å². The predicted octanol–water partition coefficient (Wildman–Crippen LogP) is 1.08. The monoisotopic (exact) mass is 168 g/mol. The van der Waals surface area contributed by atoms with Crippen LogP contribution < -0.4 is 5.73 Å². The van der Waals surface area contributed by atoms with Crippen molar-refractivity contribution in [1.29, 1.82) is 0 Å². The SMILES string of the molecule is N/C(=N/O)C1(C(F)(F)F)CC1.